The van der Waals surface area contributed by atoms with Crippen molar-refractivity contribution in [3.8, 4) is 5.75 Å². The monoisotopic (exact) mass is 287 g/mol. The van der Waals surface area contributed by atoms with E-state index in [-0.39, 0.29) is 0 Å². The highest BCUT2D eigenvalue weighted by molar-refractivity contribution is 5.27. The standard InChI is InChI=1S/C17H25N3O/c1-14(2)10-18-11-15-4-6-17(7-5-15)21-9-8-16-12-19-20(3)13-16/h4-7,12-14,18H,8-11H2,1-3H3. The number of benzene rings is 1. The molecule has 114 valence electrons. The van der Waals surface area contributed by atoms with Gasteiger partial charge in [-0.25, -0.2) is 0 Å². The van der Waals surface area contributed by atoms with E-state index in [2.05, 4.69) is 36.4 Å². The molecule has 0 bridgehead atoms. The Morgan fingerprint density at radius 1 is 1.19 bits per heavy atom. The second-order valence-corrected chi connectivity index (χ2v) is 5.79. The lowest BCUT2D eigenvalue weighted by Gasteiger charge is -2.09. The SMILES string of the molecule is CC(C)CNCc1ccc(OCCc2cnn(C)c2)cc1. The average Bonchev–Trinajstić information content (AvgIpc) is 2.86. The summed E-state index contributed by atoms with van der Waals surface area (Å²) >= 11 is 0. The van der Waals surface area contributed by atoms with E-state index in [9.17, 15) is 0 Å². The van der Waals surface area contributed by atoms with E-state index in [0.29, 0.717) is 12.5 Å². The van der Waals surface area contributed by atoms with Gasteiger partial charge < -0.3 is 10.1 Å². The van der Waals surface area contributed by atoms with Gasteiger partial charge >= 0.3 is 0 Å². The Morgan fingerprint density at radius 2 is 1.95 bits per heavy atom. The van der Waals surface area contributed by atoms with E-state index < -0.39 is 0 Å². The topological polar surface area (TPSA) is 39.1 Å². The minimum absolute atomic E-state index is 0.677. The predicted molar refractivity (Wildman–Crippen MR) is 85.4 cm³/mol. The maximum absolute atomic E-state index is 5.76. The van der Waals surface area contributed by atoms with Crippen molar-refractivity contribution in [2.24, 2.45) is 13.0 Å². The average molecular weight is 287 g/mol. The van der Waals surface area contributed by atoms with Crippen molar-refractivity contribution >= 4 is 0 Å². The Kier molecular flexibility index (Phi) is 5.81. The third-order valence-corrected chi connectivity index (χ3v) is 3.22. The van der Waals surface area contributed by atoms with Gasteiger partial charge in [0.05, 0.1) is 12.8 Å². The molecular weight excluding hydrogens is 262 g/mol. The minimum Gasteiger partial charge on any atom is -0.493 e. The molecule has 0 saturated heterocycles. The highest BCUT2D eigenvalue weighted by Crippen LogP contribution is 2.12. The van der Waals surface area contributed by atoms with Crippen LogP contribution in [-0.2, 0) is 20.0 Å². The normalized spacial score (nSPS) is 11.0. The van der Waals surface area contributed by atoms with Crippen LogP contribution in [0, 0.1) is 5.92 Å². The summed E-state index contributed by atoms with van der Waals surface area (Å²) in [4.78, 5) is 0. The quantitative estimate of drug-likeness (QED) is 0.811. The van der Waals surface area contributed by atoms with Crippen LogP contribution in [0.5, 0.6) is 5.75 Å². The number of hydrogen-bond donors (Lipinski definition) is 1. The fourth-order valence-corrected chi connectivity index (χ4v) is 2.10. The lowest BCUT2D eigenvalue weighted by atomic mass is 10.2. The van der Waals surface area contributed by atoms with Gasteiger partial charge in [-0.05, 0) is 35.7 Å². The second kappa shape index (κ2) is 7.84. The second-order valence-electron chi connectivity index (χ2n) is 5.79. The fourth-order valence-electron chi connectivity index (χ4n) is 2.10. The van der Waals surface area contributed by atoms with E-state index in [0.717, 1.165) is 25.3 Å². The first-order chi connectivity index (χ1) is 10.1. The molecule has 0 aliphatic carbocycles. The van der Waals surface area contributed by atoms with Crippen LogP contribution >= 0.6 is 0 Å². The van der Waals surface area contributed by atoms with Gasteiger partial charge in [-0.2, -0.15) is 5.10 Å². The lowest BCUT2D eigenvalue weighted by molar-refractivity contribution is 0.322. The number of aromatic nitrogens is 2. The van der Waals surface area contributed by atoms with E-state index in [4.69, 9.17) is 4.74 Å². The Labute approximate surface area is 127 Å². The minimum atomic E-state index is 0.677. The molecule has 1 aromatic heterocycles. The van der Waals surface area contributed by atoms with Gasteiger partial charge in [0.15, 0.2) is 0 Å². The predicted octanol–water partition coefficient (Wildman–Crippen LogP) is 2.79. The first-order valence-electron chi connectivity index (χ1n) is 7.53. The van der Waals surface area contributed by atoms with Crippen LogP contribution in [0.3, 0.4) is 0 Å². The summed E-state index contributed by atoms with van der Waals surface area (Å²) in [5.41, 5.74) is 2.49. The van der Waals surface area contributed by atoms with E-state index >= 15 is 0 Å². The Hall–Kier alpha value is -1.81. The van der Waals surface area contributed by atoms with Gasteiger partial charge in [-0.15, -0.1) is 0 Å². The molecule has 0 unspecified atom stereocenters. The molecule has 1 aromatic carbocycles. The molecule has 21 heavy (non-hydrogen) atoms. The highest BCUT2D eigenvalue weighted by Gasteiger charge is 1.99. The molecule has 0 aliphatic heterocycles. The third kappa shape index (κ3) is 5.60. The van der Waals surface area contributed by atoms with Crippen LogP contribution in [0.25, 0.3) is 0 Å². The maximum Gasteiger partial charge on any atom is 0.119 e. The van der Waals surface area contributed by atoms with Crippen LogP contribution in [0.1, 0.15) is 25.0 Å². The maximum atomic E-state index is 5.76. The molecular formula is C17H25N3O. The van der Waals surface area contributed by atoms with Crippen LogP contribution in [0.15, 0.2) is 36.7 Å². The zero-order valence-corrected chi connectivity index (χ0v) is 13.2. The third-order valence-electron chi connectivity index (χ3n) is 3.22. The number of rotatable bonds is 8. The largest absolute Gasteiger partial charge is 0.493 e. The first-order valence-corrected chi connectivity index (χ1v) is 7.53. The van der Waals surface area contributed by atoms with E-state index in [1.54, 1.807) is 0 Å². The molecule has 0 atom stereocenters. The number of nitrogens with zero attached hydrogens (tertiary/aromatic N) is 2. The Balaban J connectivity index is 1.72. The van der Waals surface area contributed by atoms with Crippen LogP contribution in [0.4, 0.5) is 0 Å². The summed E-state index contributed by atoms with van der Waals surface area (Å²) in [5.74, 6) is 1.60. The molecule has 0 fully saturated rings. The van der Waals surface area contributed by atoms with Crippen molar-refractivity contribution in [3.63, 3.8) is 0 Å². The number of hydrogen-bond acceptors (Lipinski definition) is 3. The van der Waals surface area contributed by atoms with Crippen molar-refractivity contribution in [2.45, 2.75) is 26.8 Å². The van der Waals surface area contributed by atoms with Gasteiger partial charge in [0.25, 0.3) is 0 Å². The summed E-state index contributed by atoms with van der Waals surface area (Å²) in [7, 11) is 1.93. The fraction of sp³-hybridized carbons (Fsp3) is 0.471. The van der Waals surface area contributed by atoms with Gasteiger partial charge in [-0.1, -0.05) is 26.0 Å². The van der Waals surface area contributed by atoms with Crippen LogP contribution in [0.2, 0.25) is 0 Å². The Bertz CT molecular complexity index is 531. The van der Waals surface area contributed by atoms with Crippen molar-refractivity contribution < 1.29 is 4.74 Å². The van der Waals surface area contributed by atoms with Crippen LogP contribution in [-0.4, -0.2) is 22.9 Å². The zero-order chi connectivity index (χ0) is 15.1. The molecule has 4 heteroatoms. The van der Waals surface area contributed by atoms with Crippen molar-refractivity contribution in [1.82, 2.24) is 15.1 Å². The van der Waals surface area contributed by atoms with Gasteiger partial charge in [-0.3, -0.25) is 4.68 Å². The summed E-state index contributed by atoms with van der Waals surface area (Å²) in [6.07, 6.45) is 4.78. The van der Waals surface area contributed by atoms with Crippen molar-refractivity contribution in [1.29, 1.82) is 0 Å². The van der Waals surface area contributed by atoms with Crippen molar-refractivity contribution in [2.75, 3.05) is 13.2 Å². The van der Waals surface area contributed by atoms with Gasteiger partial charge in [0.2, 0.25) is 0 Å². The molecule has 1 N–H and O–H groups in total. The molecule has 0 aliphatic rings. The number of aryl methyl sites for hydroxylation is 1. The molecule has 2 rings (SSSR count). The molecule has 0 spiro atoms. The van der Waals surface area contributed by atoms with Crippen LogP contribution < -0.4 is 10.1 Å². The summed E-state index contributed by atoms with van der Waals surface area (Å²) in [6, 6.07) is 8.31. The smallest absolute Gasteiger partial charge is 0.119 e. The summed E-state index contributed by atoms with van der Waals surface area (Å²) in [5, 5.41) is 7.59. The molecule has 4 nitrogen and oxygen atoms in total. The highest BCUT2D eigenvalue weighted by atomic mass is 16.5. The molecule has 0 radical (unpaired) electrons. The molecule has 0 amide bonds. The van der Waals surface area contributed by atoms with Gasteiger partial charge in [0.1, 0.15) is 5.75 Å². The lowest BCUT2D eigenvalue weighted by Crippen LogP contribution is -2.18. The molecule has 1 heterocycles. The molecule has 0 saturated carbocycles. The van der Waals surface area contributed by atoms with E-state index in [1.807, 2.05) is 36.3 Å². The number of nitrogens with one attached hydrogen (secondary N) is 1. The Morgan fingerprint density at radius 3 is 2.57 bits per heavy atom. The summed E-state index contributed by atoms with van der Waals surface area (Å²) < 4.78 is 7.57. The number of ether oxygens (including phenoxy) is 1. The first kappa shape index (κ1) is 15.6. The molecule has 2 aromatic rings. The zero-order valence-electron chi connectivity index (χ0n) is 13.2. The van der Waals surface area contributed by atoms with E-state index in [1.165, 1.54) is 11.1 Å². The summed E-state index contributed by atoms with van der Waals surface area (Å²) in [6.45, 7) is 7.06. The van der Waals surface area contributed by atoms with Gasteiger partial charge in [0, 0.05) is 26.2 Å². The van der Waals surface area contributed by atoms with Crippen molar-refractivity contribution in [3.05, 3.63) is 47.8 Å².